The number of nitrogens with zero attached hydrogens (tertiary/aromatic N) is 1. The van der Waals surface area contributed by atoms with E-state index in [9.17, 15) is 5.11 Å². The number of hydrogen-bond donors (Lipinski definition) is 1. The molecule has 0 fully saturated rings. The second-order valence-corrected chi connectivity index (χ2v) is 5.67. The molecule has 3 nitrogen and oxygen atoms in total. The normalized spacial score (nSPS) is 14.5. The summed E-state index contributed by atoms with van der Waals surface area (Å²) in [6, 6.07) is 5.84. The molecule has 0 bridgehead atoms. The standard InChI is InChI=1S/C14H16BrNO2/c1-9-6-11(7-10(2)13(9)15)8-14(3,17)12-4-5-18-16-12/h4-7,17H,8H2,1-3H3. The van der Waals surface area contributed by atoms with Crippen molar-refractivity contribution in [1.29, 1.82) is 0 Å². The van der Waals surface area contributed by atoms with Crippen LogP contribution in [0.5, 0.6) is 0 Å². The molecule has 4 heteroatoms. The number of aliphatic hydroxyl groups is 1. The Kier molecular flexibility index (Phi) is 3.59. The van der Waals surface area contributed by atoms with Crippen molar-refractivity contribution >= 4 is 15.9 Å². The van der Waals surface area contributed by atoms with Gasteiger partial charge in [0.2, 0.25) is 0 Å². The second-order valence-electron chi connectivity index (χ2n) is 4.88. The second kappa shape index (κ2) is 4.86. The minimum atomic E-state index is -1.01. The van der Waals surface area contributed by atoms with Gasteiger partial charge >= 0.3 is 0 Å². The van der Waals surface area contributed by atoms with E-state index >= 15 is 0 Å². The fourth-order valence-electron chi connectivity index (χ4n) is 2.12. The van der Waals surface area contributed by atoms with Crippen LogP contribution in [-0.2, 0) is 12.0 Å². The Morgan fingerprint density at radius 3 is 2.44 bits per heavy atom. The Hall–Kier alpha value is -1.13. The summed E-state index contributed by atoms with van der Waals surface area (Å²) < 4.78 is 5.91. The van der Waals surface area contributed by atoms with E-state index in [4.69, 9.17) is 4.52 Å². The molecule has 1 aromatic carbocycles. The highest BCUT2D eigenvalue weighted by atomic mass is 79.9. The highest BCUT2D eigenvalue weighted by molar-refractivity contribution is 9.10. The largest absolute Gasteiger partial charge is 0.383 e. The molecule has 1 aromatic heterocycles. The van der Waals surface area contributed by atoms with E-state index in [2.05, 4.69) is 33.2 Å². The Labute approximate surface area is 115 Å². The Bertz CT molecular complexity index is 524. The first-order valence-electron chi connectivity index (χ1n) is 5.79. The van der Waals surface area contributed by atoms with E-state index in [0.717, 1.165) is 10.0 Å². The maximum Gasteiger partial charge on any atom is 0.124 e. The van der Waals surface area contributed by atoms with Gasteiger partial charge in [0.15, 0.2) is 0 Å². The molecule has 0 aliphatic heterocycles. The van der Waals surface area contributed by atoms with Gasteiger partial charge in [0.1, 0.15) is 17.6 Å². The van der Waals surface area contributed by atoms with E-state index in [1.165, 1.54) is 17.4 Å². The van der Waals surface area contributed by atoms with Crippen LogP contribution in [0.1, 0.15) is 29.3 Å². The van der Waals surface area contributed by atoms with Crippen LogP contribution in [0.3, 0.4) is 0 Å². The summed E-state index contributed by atoms with van der Waals surface area (Å²) in [6.45, 7) is 5.84. The molecule has 1 N–H and O–H groups in total. The number of hydrogen-bond acceptors (Lipinski definition) is 3. The van der Waals surface area contributed by atoms with E-state index in [-0.39, 0.29) is 0 Å². The highest BCUT2D eigenvalue weighted by Gasteiger charge is 2.26. The summed E-state index contributed by atoms with van der Waals surface area (Å²) >= 11 is 3.54. The molecule has 96 valence electrons. The fraction of sp³-hybridized carbons (Fsp3) is 0.357. The van der Waals surface area contributed by atoms with Crippen molar-refractivity contribution in [2.45, 2.75) is 32.8 Å². The first kappa shape index (κ1) is 13.3. The number of halogens is 1. The molecular formula is C14H16BrNO2. The quantitative estimate of drug-likeness (QED) is 0.944. The van der Waals surface area contributed by atoms with E-state index in [1.807, 2.05) is 13.8 Å². The maximum atomic E-state index is 10.4. The van der Waals surface area contributed by atoms with Gasteiger partial charge in [-0.05, 0) is 37.5 Å². The first-order valence-corrected chi connectivity index (χ1v) is 6.58. The van der Waals surface area contributed by atoms with Gasteiger partial charge in [0.05, 0.1) is 0 Å². The Balaban J connectivity index is 2.29. The van der Waals surface area contributed by atoms with Crippen molar-refractivity contribution in [3.8, 4) is 0 Å². The third-order valence-corrected chi connectivity index (χ3v) is 4.29. The molecule has 0 radical (unpaired) electrons. The molecule has 0 aliphatic rings. The maximum absolute atomic E-state index is 10.4. The molecular weight excluding hydrogens is 294 g/mol. The minimum Gasteiger partial charge on any atom is -0.383 e. The van der Waals surface area contributed by atoms with Crippen LogP contribution < -0.4 is 0 Å². The lowest BCUT2D eigenvalue weighted by molar-refractivity contribution is 0.0496. The van der Waals surface area contributed by atoms with Crippen molar-refractivity contribution in [1.82, 2.24) is 5.16 Å². The van der Waals surface area contributed by atoms with Crippen LogP contribution in [0, 0.1) is 13.8 Å². The molecule has 2 rings (SSSR count). The Morgan fingerprint density at radius 2 is 1.94 bits per heavy atom. The summed E-state index contributed by atoms with van der Waals surface area (Å²) in [5.41, 5.74) is 2.96. The lowest BCUT2D eigenvalue weighted by Crippen LogP contribution is -2.24. The lowest BCUT2D eigenvalue weighted by Gasteiger charge is -2.21. The van der Waals surface area contributed by atoms with E-state index < -0.39 is 5.60 Å². The molecule has 1 heterocycles. The van der Waals surface area contributed by atoms with Gasteiger partial charge in [-0.1, -0.05) is 33.2 Å². The van der Waals surface area contributed by atoms with Crippen LogP contribution >= 0.6 is 15.9 Å². The van der Waals surface area contributed by atoms with E-state index in [0.29, 0.717) is 12.1 Å². The zero-order chi connectivity index (χ0) is 13.3. The predicted octanol–water partition coefficient (Wildman–Crippen LogP) is 3.50. The number of aromatic nitrogens is 1. The zero-order valence-corrected chi connectivity index (χ0v) is 12.3. The van der Waals surface area contributed by atoms with Crippen molar-refractivity contribution in [2.75, 3.05) is 0 Å². The average molecular weight is 310 g/mol. The number of benzene rings is 1. The molecule has 0 saturated heterocycles. The monoisotopic (exact) mass is 309 g/mol. The number of rotatable bonds is 3. The Morgan fingerprint density at radius 1 is 1.33 bits per heavy atom. The summed E-state index contributed by atoms with van der Waals surface area (Å²) in [7, 11) is 0. The third-order valence-electron chi connectivity index (χ3n) is 3.03. The van der Waals surface area contributed by atoms with Gasteiger partial charge < -0.3 is 9.63 Å². The van der Waals surface area contributed by atoms with Crippen LogP contribution in [0.4, 0.5) is 0 Å². The smallest absolute Gasteiger partial charge is 0.124 e. The van der Waals surface area contributed by atoms with Gasteiger partial charge in [-0.25, -0.2) is 0 Å². The first-order chi connectivity index (χ1) is 8.40. The van der Waals surface area contributed by atoms with Gasteiger partial charge in [-0.2, -0.15) is 0 Å². The fourth-order valence-corrected chi connectivity index (χ4v) is 2.34. The molecule has 2 aromatic rings. The van der Waals surface area contributed by atoms with Crippen molar-refractivity contribution in [3.63, 3.8) is 0 Å². The van der Waals surface area contributed by atoms with Gasteiger partial charge in [0.25, 0.3) is 0 Å². The lowest BCUT2D eigenvalue weighted by atomic mass is 9.92. The number of aryl methyl sites for hydroxylation is 2. The van der Waals surface area contributed by atoms with Crippen LogP contribution in [0.25, 0.3) is 0 Å². The molecule has 0 saturated carbocycles. The minimum absolute atomic E-state index is 0.508. The zero-order valence-electron chi connectivity index (χ0n) is 10.7. The van der Waals surface area contributed by atoms with E-state index in [1.54, 1.807) is 13.0 Å². The van der Waals surface area contributed by atoms with Gasteiger partial charge in [-0.3, -0.25) is 0 Å². The topological polar surface area (TPSA) is 46.3 Å². The molecule has 0 aliphatic carbocycles. The summed E-state index contributed by atoms with van der Waals surface area (Å²) in [5, 5.41) is 14.3. The van der Waals surface area contributed by atoms with Gasteiger partial charge in [0, 0.05) is 17.0 Å². The summed E-state index contributed by atoms with van der Waals surface area (Å²) in [5.74, 6) is 0. The summed E-state index contributed by atoms with van der Waals surface area (Å²) in [4.78, 5) is 0. The molecule has 0 spiro atoms. The molecule has 1 atom stereocenters. The van der Waals surface area contributed by atoms with Crippen LogP contribution in [-0.4, -0.2) is 10.3 Å². The molecule has 18 heavy (non-hydrogen) atoms. The third kappa shape index (κ3) is 2.65. The van der Waals surface area contributed by atoms with Crippen LogP contribution in [0.15, 0.2) is 33.5 Å². The average Bonchev–Trinajstić information content (AvgIpc) is 2.79. The SMILES string of the molecule is Cc1cc(CC(C)(O)c2ccon2)cc(C)c1Br. The van der Waals surface area contributed by atoms with Crippen molar-refractivity contribution in [3.05, 3.63) is 51.3 Å². The van der Waals surface area contributed by atoms with Crippen molar-refractivity contribution < 1.29 is 9.63 Å². The predicted molar refractivity (Wildman–Crippen MR) is 73.4 cm³/mol. The summed E-state index contributed by atoms with van der Waals surface area (Å²) in [6.07, 6.45) is 1.98. The van der Waals surface area contributed by atoms with Crippen LogP contribution in [0.2, 0.25) is 0 Å². The highest BCUT2D eigenvalue weighted by Crippen LogP contribution is 2.28. The van der Waals surface area contributed by atoms with Crippen molar-refractivity contribution in [2.24, 2.45) is 0 Å². The molecule has 0 amide bonds. The molecule has 1 unspecified atom stereocenters. The van der Waals surface area contributed by atoms with Gasteiger partial charge in [-0.15, -0.1) is 0 Å².